The van der Waals surface area contributed by atoms with E-state index < -0.39 is 0 Å². The van der Waals surface area contributed by atoms with Crippen molar-refractivity contribution in [3.63, 3.8) is 0 Å². The zero-order chi connectivity index (χ0) is 14.7. The highest BCUT2D eigenvalue weighted by atomic mass is 16.1. The number of benzene rings is 2. The summed E-state index contributed by atoms with van der Waals surface area (Å²) in [6.45, 7) is 2.68. The van der Waals surface area contributed by atoms with Crippen LogP contribution in [0.1, 0.15) is 28.4 Å². The zero-order valence-electron chi connectivity index (χ0n) is 12.0. The predicted octanol–water partition coefficient (Wildman–Crippen LogP) is 3.66. The Bertz CT molecular complexity index is 773. The molecule has 0 unspecified atom stereocenters. The summed E-state index contributed by atoms with van der Waals surface area (Å²) in [6.07, 6.45) is 2.74. The van der Waals surface area contributed by atoms with Crippen LogP contribution in [-0.4, -0.2) is 10.9 Å². The molecule has 0 aliphatic rings. The van der Waals surface area contributed by atoms with Gasteiger partial charge in [0, 0.05) is 23.6 Å². The maximum Gasteiger partial charge on any atom is 0.253 e. The second-order valence-electron chi connectivity index (χ2n) is 5.05. The average molecular weight is 278 g/mol. The van der Waals surface area contributed by atoms with Gasteiger partial charge in [-0.2, -0.15) is 0 Å². The Morgan fingerprint density at radius 1 is 1.05 bits per heavy atom. The van der Waals surface area contributed by atoms with Gasteiger partial charge in [-0.25, -0.2) is 0 Å². The quantitative estimate of drug-likeness (QED) is 0.751. The van der Waals surface area contributed by atoms with Crippen LogP contribution in [0.25, 0.3) is 10.9 Å². The van der Waals surface area contributed by atoms with Gasteiger partial charge in [0.05, 0.1) is 5.56 Å². The van der Waals surface area contributed by atoms with Crippen molar-refractivity contribution in [2.75, 3.05) is 0 Å². The molecular formula is C18H18N2O. The first-order chi connectivity index (χ1) is 10.3. The van der Waals surface area contributed by atoms with E-state index in [1.54, 1.807) is 6.20 Å². The highest BCUT2D eigenvalue weighted by Crippen LogP contribution is 2.17. The molecule has 3 aromatic rings. The number of carbonyl (C=O) groups excluding carboxylic acids is 1. The van der Waals surface area contributed by atoms with E-state index in [0.717, 1.165) is 17.3 Å². The van der Waals surface area contributed by atoms with Gasteiger partial charge >= 0.3 is 0 Å². The summed E-state index contributed by atoms with van der Waals surface area (Å²) in [5.74, 6) is -0.0432. The van der Waals surface area contributed by atoms with Gasteiger partial charge in [0.15, 0.2) is 0 Å². The van der Waals surface area contributed by atoms with Crippen molar-refractivity contribution >= 4 is 16.8 Å². The Hall–Kier alpha value is -2.55. The fourth-order valence-electron chi connectivity index (χ4n) is 2.60. The average Bonchev–Trinajstić information content (AvgIpc) is 2.97. The number of rotatable bonds is 4. The van der Waals surface area contributed by atoms with Crippen molar-refractivity contribution in [2.24, 2.45) is 0 Å². The summed E-state index contributed by atoms with van der Waals surface area (Å²) < 4.78 is 0. The molecule has 0 aliphatic carbocycles. The number of hydrogen-bond acceptors (Lipinski definition) is 1. The van der Waals surface area contributed by atoms with E-state index in [9.17, 15) is 4.79 Å². The third-order valence-electron chi connectivity index (χ3n) is 3.77. The number of amides is 1. The topological polar surface area (TPSA) is 44.9 Å². The third kappa shape index (κ3) is 2.68. The molecule has 106 valence electrons. The number of aromatic amines is 1. The molecule has 1 aromatic heterocycles. The number of fused-ring (bicyclic) bond motifs is 1. The minimum absolute atomic E-state index is 0.0432. The van der Waals surface area contributed by atoms with Crippen LogP contribution in [0.2, 0.25) is 0 Å². The summed E-state index contributed by atoms with van der Waals surface area (Å²) in [7, 11) is 0. The lowest BCUT2D eigenvalue weighted by atomic mass is 10.1. The number of para-hydroxylation sites is 1. The van der Waals surface area contributed by atoms with Gasteiger partial charge in [0.25, 0.3) is 5.91 Å². The molecule has 0 bridgehead atoms. The minimum Gasteiger partial charge on any atom is -0.360 e. The molecule has 0 atom stereocenters. The van der Waals surface area contributed by atoms with Crippen LogP contribution < -0.4 is 5.32 Å². The van der Waals surface area contributed by atoms with E-state index in [1.165, 1.54) is 11.1 Å². The van der Waals surface area contributed by atoms with E-state index >= 15 is 0 Å². The highest BCUT2D eigenvalue weighted by molar-refractivity contribution is 6.06. The first kappa shape index (κ1) is 13.4. The number of carbonyl (C=O) groups is 1. The van der Waals surface area contributed by atoms with Gasteiger partial charge in [-0.15, -0.1) is 0 Å². The van der Waals surface area contributed by atoms with Crippen molar-refractivity contribution in [2.45, 2.75) is 19.9 Å². The van der Waals surface area contributed by atoms with E-state index in [4.69, 9.17) is 0 Å². The molecule has 0 aliphatic heterocycles. The Balaban J connectivity index is 1.78. The van der Waals surface area contributed by atoms with E-state index in [0.29, 0.717) is 12.1 Å². The van der Waals surface area contributed by atoms with Crippen LogP contribution in [0.5, 0.6) is 0 Å². The van der Waals surface area contributed by atoms with Crippen LogP contribution in [0.3, 0.4) is 0 Å². The Labute approximate surface area is 124 Å². The maximum atomic E-state index is 12.4. The Morgan fingerprint density at radius 2 is 1.76 bits per heavy atom. The number of H-pyrrole nitrogens is 1. The Kier molecular flexibility index (Phi) is 3.73. The standard InChI is InChI=1S/C18H18N2O/c1-2-13-7-3-4-8-14(13)11-20-18(21)16-12-19-17-10-6-5-9-15(16)17/h3-10,12,19H,2,11H2,1H3,(H,20,21). The smallest absolute Gasteiger partial charge is 0.253 e. The molecule has 21 heavy (non-hydrogen) atoms. The summed E-state index contributed by atoms with van der Waals surface area (Å²) >= 11 is 0. The molecule has 3 nitrogen and oxygen atoms in total. The molecule has 0 fully saturated rings. The Morgan fingerprint density at radius 3 is 2.57 bits per heavy atom. The molecule has 0 saturated heterocycles. The normalized spacial score (nSPS) is 10.7. The maximum absolute atomic E-state index is 12.4. The molecule has 0 spiro atoms. The van der Waals surface area contributed by atoms with Crippen LogP contribution in [-0.2, 0) is 13.0 Å². The lowest BCUT2D eigenvalue weighted by Gasteiger charge is -2.09. The second-order valence-corrected chi connectivity index (χ2v) is 5.05. The van der Waals surface area contributed by atoms with Gasteiger partial charge < -0.3 is 10.3 Å². The third-order valence-corrected chi connectivity index (χ3v) is 3.77. The monoisotopic (exact) mass is 278 g/mol. The fourth-order valence-corrected chi connectivity index (χ4v) is 2.60. The number of aromatic nitrogens is 1. The zero-order valence-corrected chi connectivity index (χ0v) is 12.0. The van der Waals surface area contributed by atoms with E-state index in [2.05, 4.69) is 29.4 Å². The van der Waals surface area contributed by atoms with Gasteiger partial charge in [0.2, 0.25) is 0 Å². The number of nitrogens with one attached hydrogen (secondary N) is 2. The first-order valence-corrected chi connectivity index (χ1v) is 7.20. The second kappa shape index (κ2) is 5.83. The lowest BCUT2D eigenvalue weighted by molar-refractivity contribution is 0.0952. The van der Waals surface area contributed by atoms with Crippen LogP contribution in [0, 0.1) is 0 Å². The van der Waals surface area contributed by atoms with Crippen LogP contribution >= 0.6 is 0 Å². The van der Waals surface area contributed by atoms with Crippen molar-refractivity contribution < 1.29 is 4.79 Å². The largest absolute Gasteiger partial charge is 0.360 e. The highest BCUT2D eigenvalue weighted by Gasteiger charge is 2.11. The van der Waals surface area contributed by atoms with Gasteiger partial charge in [0.1, 0.15) is 0 Å². The van der Waals surface area contributed by atoms with Crippen molar-refractivity contribution in [3.8, 4) is 0 Å². The summed E-state index contributed by atoms with van der Waals surface area (Å²) in [6, 6.07) is 16.0. The summed E-state index contributed by atoms with van der Waals surface area (Å²) in [5, 5.41) is 3.97. The molecule has 2 N–H and O–H groups in total. The SMILES string of the molecule is CCc1ccccc1CNC(=O)c1c[nH]c2ccccc12. The summed E-state index contributed by atoms with van der Waals surface area (Å²) in [5.41, 5.74) is 4.13. The van der Waals surface area contributed by atoms with Crippen LogP contribution in [0.15, 0.2) is 54.7 Å². The van der Waals surface area contributed by atoms with Crippen molar-refractivity contribution in [1.29, 1.82) is 0 Å². The summed E-state index contributed by atoms with van der Waals surface area (Å²) in [4.78, 5) is 15.5. The molecule has 1 amide bonds. The molecule has 1 heterocycles. The van der Waals surface area contributed by atoms with Gasteiger partial charge in [-0.1, -0.05) is 49.4 Å². The van der Waals surface area contributed by atoms with Gasteiger partial charge in [-0.05, 0) is 23.6 Å². The van der Waals surface area contributed by atoms with E-state index in [-0.39, 0.29) is 5.91 Å². The lowest BCUT2D eigenvalue weighted by Crippen LogP contribution is -2.23. The molecule has 3 rings (SSSR count). The number of hydrogen-bond donors (Lipinski definition) is 2. The molecule has 3 heteroatoms. The number of aryl methyl sites for hydroxylation is 1. The van der Waals surface area contributed by atoms with Crippen molar-refractivity contribution in [3.05, 3.63) is 71.4 Å². The van der Waals surface area contributed by atoms with Gasteiger partial charge in [-0.3, -0.25) is 4.79 Å². The predicted molar refractivity (Wildman–Crippen MR) is 85.3 cm³/mol. The molecular weight excluding hydrogens is 260 g/mol. The molecule has 2 aromatic carbocycles. The first-order valence-electron chi connectivity index (χ1n) is 7.20. The fraction of sp³-hybridized carbons (Fsp3) is 0.167. The van der Waals surface area contributed by atoms with E-state index in [1.807, 2.05) is 36.4 Å². The molecule has 0 radical (unpaired) electrons. The molecule has 0 saturated carbocycles. The minimum atomic E-state index is -0.0432. The van der Waals surface area contributed by atoms with Crippen LogP contribution in [0.4, 0.5) is 0 Å². The van der Waals surface area contributed by atoms with Crippen molar-refractivity contribution in [1.82, 2.24) is 10.3 Å².